The first kappa shape index (κ1) is 17.2. The number of aromatic nitrogens is 2. The van der Waals surface area contributed by atoms with Crippen LogP contribution in [0.1, 0.15) is 36.7 Å². The second kappa shape index (κ2) is 6.70. The number of nitrogens with one attached hydrogen (secondary N) is 2. The molecule has 1 saturated heterocycles. The van der Waals surface area contributed by atoms with Gasteiger partial charge in [-0.15, -0.1) is 10.2 Å². The fourth-order valence-corrected chi connectivity index (χ4v) is 4.25. The van der Waals surface area contributed by atoms with Gasteiger partial charge in [-0.05, 0) is 31.0 Å². The summed E-state index contributed by atoms with van der Waals surface area (Å²) in [6.07, 6.45) is 1.03. The monoisotopic (exact) mass is 370 g/mol. The van der Waals surface area contributed by atoms with Crippen LogP contribution in [0.5, 0.6) is 0 Å². The second-order valence-electron chi connectivity index (χ2n) is 5.81. The molecule has 24 heavy (non-hydrogen) atoms. The van der Waals surface area contributed by atoms with Crippen LogP contribution >= 0.6 is 11.6 Å². The Balaban J connectivity index is 1.73. The summed E-state index contributed by atoms with van der Waals surface area (Å²) in [7, 11) is -3.55. The molecule has 0 spiro atoms. The van der Waals surface area contributed by atoms with Gasteiger partial charge in [0.15, 0.2) is 0 Å². The number of benzene rings is 1. The number of hydrogen-bond donors (Lipinski definition) is 2. The zero-order chi connectivity index (χ0) is 17.3. The number of anilines is 1. The van der Waals surface area contributed by atoms with Gasteiger partial charge in [0, 0.05) is 18.0 Å². The zero-order valence-corrected chi connectivity index (χ0v) is 15.0. The van der Waals surface area contributed by atoms with Crippen molar-refractivity contribution < 1.29 is 12.8 Å². The van der Waals surface area contributed by atoms with Gasteiger partial charge in [-0.1, -0.05) is 24.6 Å². The van der Waals surface area contributed by atoms with Crippen LogP contribution in [0.25, 0.3) is 0 Å². The van der Waals surface area contributed by atoms with E-state index in [1.807, 2.05) is 13.8 Å². The minimum Gasteiger partial charge on any atom is -0.424 e. The van der Waals surface area contributed by atoms with Crippen LogP contribution in [0.3, 0.4) is 0 Å². The van der Waals surface area contributed by atoms with Gasteiger partial charge in [0.25, 0.3) is 0 Å². The minimum atomic E-state index is -3.55. The maximum atomic E-state index is 12.6. The molecule has 1 aliphatic heterocycles. The second-order valence-corrected chi connectivity index (χ2v) is 8.21. The SMILES string of the molecule is CCc1nnc(C2CC(S(=O)(=O)Nc3cc(Cl)ccc3C)CN2)o1. The molecule has 2 heterocycles. The van der Waals surface area contributed by atoms with E-state index in [1.54, 1.807) is 18.2 Å². The Bertz CT molecular complexity index is 837. The number of aryl methyl sites for hydroxylation is 2. The summed E-state index contributed by atoms with van der Waals surface area (Å²) >= 11 is 5.95. The van der Waals surface area contributed by atoms with Gasteiger partial charge < -0.3 is 9.73 Å². The van der Waals surface area contributed by atoms with Gasteiger partial charge in [0.05, 0.1) is 17.0 Å². The summed E-state index contributed by atoms with van der Waals surface area (Å²) in [4.78, 5) is 0. The molecule has 9 heteroatoms. The molecule has 1 aromatic heterocycles. The number of hydrogen-bond acceptors (Lipinski definition) is 6. The molecule has 2 atom stereocenters. The average molecular weight is 371 g/mol. The van der Waals surface area contributed by atoms with Crippen LogP contribution < -0.4 is 10.0 Å². The summed E-state index contributed by atoms with van der Waals surface area (Å²) in [6.45, 7) is 4.07. The first-order chi connectivity index (χ1) is 11.4. The first-order valence-corrected chi connectivity index (χ1v) is 9.65. The van der Waals surface area contributed by atoms with E-state index in [1.165, 1.54) is 0 Å². The lowest BCUT2D eigenvalue weighted by Crippen LogP contribution is -2.29. The lowest BCUT2D eigenvalue weighted by Gasteiger charge is -2.15. The molecule has 7 nitrogen and oxygen atoms in total. The van der Waals surface area contributed by atoms with Crippen molar-refractivity contribution in [3.63, 3.8) is 0 Å². The van der Waals surface area contributed by atoms with Crippen LogP contribution in [0.4, 0.5) is 5.69 Å². The molecular weight excluding hydrogens is 352 g/mol. The van der Waals surface area contributed by atoms with Gasteiger partial charge >= 0.3 is 0 Å². The fourth-order valence-electron chi connectivity index (χ4n) is 2.62. The summed E-state index contributed by atoms with van der Waals surface area (Å²) < 4.78 is 33.4. The van der Waals surface area contributed by atoms with E-state index in [4.69, 9.17) is 16.0 Å². The third-order valence-electron chi connectivity index (χ3n) is 4.06. The zero-order valence-electron chi connectivity index (χ0n) is 13.4. The lowest BCUT2D eigenvalue weighted by atomic mass is 10.2. The molecule has 1 aromatic carbocycles. The maximum absolute atomic E-state index is 12.6. The van der Waals surface area contributed by atoms with Crippen molar-refractivity contribution in [3.8, 4) is 0 Å². The summed E-state index contributed by atoms with van der Waals surface area (Å²) in [5, 5.41) is 10.9. The number of nitrogens with zero attached hydrogens (tertiary/aromatic N) is 2. The summed E-state index contributed by atoms with van der Waals surface area (Å²) in [5.74, 6) is 0.981. The van der Waals surface area contributed by atoms with Crippen molar-refractivity contribution in [2.75, 3.05) is 11.3 Å². The highest BCUT2D eigenvalue weighted by Crippen LogP contribution is 2.29. The van der Waals surface area contributed by atoms with E-state index in [2.05, 4.69) is 20.2 Å². The molecule has 130 valence electrons. The predicted octanol–water partition coefficient (Wildman–Crippen LogP) is 2.44. The third kappa shape index (κ3) is 3.55. The third-order valence-corrected chi connectivity index (χ3v) is 6.04. The van der Waals surface area contributed by atoms with E-state index < -0.39 is 15.3 Å². The molecule has 0 bridgehead atoms. The Morgan fingerprint density at radius 2 is 2.21 bits per heavy atom. The van der Waals surface area contributed by atoms with E-state index >= 15 is 0 Å². The molecule has 2 aromatic rings. The molecule has 1 aliphatic rings. The Morgan fingerprint density at radius 1 is 1.42 bits per heavy atom. The van der Waals surface area contributed by atoms with Crippen LogP contribution in [0.15, 0.2) is 22.6 Å². The van der Waals surface area contributed by atoms with E-state index in [0.29, 0.717) is 41.9 Å². The minimum absolute atomic E-state index is 0.250. The number of halogens is 1. The molecule has 0 saturated carbocycles. The fraction of sp³-hybridized carbons (Fsp3) is 0.467. The topological polar surface area (TPSA) is 97.1 Å². The van der Waals surface area contributed by atoms with Crippen molar-refractivity contribution in [2.45, 2.75) is 38.0 Å². The molecule has 0 radical (unpaired) electrons. The molecule has 2 N–H and O–H groups in total. The molecule has 3 rings (SSSR count). The Kier molecular flexibility index (Phi) is 4.80. The number of sulfonamides is 1. The van der Waals surface area contributed by atoms with Crippen LogP contribution in [-0.2, 0) is 16.4 Å². The highest BCUT2D eigenvalue weighted by Gasteiger charge is 2.37. The van der Waals surface area contributed by atoms with Gasteiger partial charge in [0.1, 0.15) is 0 Å². The van der Waals surface area contributed by atoms with Crippen molar-refractivity contribution in [1.82, 2.24) is 15.5 Å². The lowest BCUT2D eigenvalue weighted by molar-refractivity contribution is 0.405. The standard InChI is InChI=1S/C15H19ClN4O3S/c1-3-14-18-19-15(23-14)13-7-11(8-17-13)24(21,22)20-12-6-10(16)5-4-9(12)2/h4-6,11,13,17,20H,3,7-8H2,1-2H3. The molecule has 1 fully saturated rings. The van der Waals surface area contributed by atoms with Crippen molar-refractivity contribution in [3.05, 3.63) is 40.6 Å². The Hall–Kier alpha value is -1.64. The largest absolute Gasteiger partial charge is 0.424 e. The predicted molar refractivity (Wildman–Crippen MR) is 91.6 cm³/mol. The van der Waals surface area contributed by atoms with E-state index in [0.717, 1.165) is 5.56 Å². The summed E-state index contributed by atoms with van der Waals surface area (Å²) in [5.41, 5.74) is 1.31. The Labute approximate surface area is 145 Å². The average Bonchev–Trinajstić information content (AvgIpc) is 3.19. The molecule has 0 aliphatic carbocycles. The van der Waals surface area contributed by atoms with Gasteiger partial charge in [-0.3, -0.25) is 4.72 Å². The quantitative estimate of drug-likeness (QED) is 0.839. The van der Waals surface area contributed by atoms with Crippen molar-refractivity contribution in [1.29, 1.82) is 0 Å². The van der Waals surface area contributed by atoms with Crippen molar-refractivity contribution in [2.24, 2.45) is 0 Å². The maximum Gasteiger partial charge on any atom is 0.236 e. The molecular formula is C15H19ClN4O3S. The Morgan fingerprint density at radius 3 is 2.92 bits per heavy atom. The van der Waals surface area contributed by atoms with Gasteiger partial charge in [0.2, 0.25) is 21.8 Å². The van der Waals surface area contributed by atoms with Crippen LogP contribution in [0.2, 0.25) is 5.02 Å². The molecule has 2 unspecified atom stereocenters. The van der Waals surface area contributed by atoms with Crippen LogP contribution in [-0.4, -0.2) is 30.4 Å². The normalized spacial score (nSPS) is 21.1. The molecule has 0 amide bonds. The highest BCUT2D eigenvalue weighted by atomic mass is 35.5. The highest BCUT2D eigenvalue weighted by molar-refractivity contribution is 7.93. The van der Waals surface area contributed by atoms with Gasteiger partial charge in [-0.25, -0.2) is 8.42 Å². The van der Waals surface area contributed by atoms with Gasteiger partial charge in [-0.2, -0.15) is 0 Å². The van der Waals surface area contributed by atoms with Crippen LogP contribution in [0, 0.1) is 6.92 Å². The number of rotatable bonds is 5. The van der Waals surface area contributed by atoms with Crippen molar-refractivity contribution >= 4 is 27.3 Å². The van der Waals surface area contributed by atoms with E-state index in [-0.39, 0.29) is 6.04 Å². The smallest absolute Gasteiger partial charge is 0.236 e. The first-order valence-electron chi connectivity index (χ1n) is 7.72. The summed E-state index contributed by atoms with van der Waals surface area (Å²) in [6, 6.07) is 4.86. The van der Waals surface area contributed by atoms with E-state index in [9.17, 15) is 8.42 Å².